The summed E-state index contributed by atoms with van der Waals surface area (Å²) in [4.78, 5) is 22.8. The zero-order valence-electron chi connectivity index (χ0n) is 14.9. The maximum Gasteiger partial charge on any atom is 0.289 e. The Morgan fingerprint density at radius 2 is 2.04 bits per heavy atom. The highest BCUT2D eigenvalue weighted by Gasteiger charge is 2.40. The van der Waals surface area contributed by atoms with E-state index in [1.807, 2.05) is 0 Å². The van der Waals surface area contributed by atoms with Gasteiger partial charge in [0.1, 0.15) is 6.04 Å². The third-order valence-electron chi connectivity index (χ3n) is 4.93. The molecular formula is C17H23N3O6S. The van der Waals surface area contributed by atoms with Crippen LogP contribution in [0.4, 0.5) is 5.69 Å². The largest absolute Gasteiger partial charge is 0.376 e. The van der Waals surface area contributed by atoms with E-state index < -0.39 is 26.7 Å². The molecule has 0 unspecified atom stereocenters. The zero-order valence-corrected chi connectivity index (χ0v) is 15.7. The number of benzene rings is 1. The standard InChI is InChI=1S/C17H23N3O6S/c21-17(18-12-13-6-5-11-26-13)15-8-3-4-10-19(15)27(24,25)16-9-2-1-7-14(16)20(22)23/h1-2,7,9,13,15H,3-6,8,10-12H2,(H,18,21)/t13-,15+/m0/s1. The number of amides is 1. The third-order valence-corrected chi connectivity index (χ3v) is 6.89. The Kier molecular flexibility index (Phi) is 6.08. The van der Waals surface area contributed by atoms with Gasteiger partial charge in [-0.1, -0.05) is 18.6 Å². The second kappa shape index (κ2) is 8.32. The van der Waals surface area contributed by atoms with Crippen molar-refractivity contribution in [2.45, 2.75) is 49.1 Å². The van der Waals surface area contributed by atoms with E-state index >= 15 is 0 Å². The number of ether oxygens (including phenoxy) is 1. The Morgan fingerprint density at radius 3 is 2.74 bits per heavy atom. The fraction of sp³-hybridized carbons (Fsp3) is 0.588. The molecule has 0 saturated carbocycles. The van der Waals surface area contributed by atoms with Crippen LogP contribution in [0.3, 0.4) is 0 Å². The van der Waals surface area contributed by atoms with Crippen molar-refractivity contribution in [1.29, 1.82) is 0 Å². The van der Waals surface area contributed by atoms with Gasteiger partial charge in [0.25, 0.3) is 15.7 Å². The van der Waals surface area contributed by atoms with E-state index in [-0.39, 0.29) is 23.5 Å². The first-order valence-corrected chi connectivity index (χ1v) is 10.5. The van der Waals surface area contributed by atoms with Gasteiger partial charge >= 0.3 is 0 Å². The molecule has 9 nitrogen and oxygen atoms in total. The number of sulfonamides is 1. The number of nitrogens with zero attached hydrogens (tertiary/aromatic N) is 2. The Balaban J connectivity index is 1.81. The molecule has 3 rings (SSSR count). The van der Waals surface area contributed by atoms with Gasteiger partial charge in [-0.15, -0.1) is 0 Å². The van der Waals surface area contributed by atoms with Gasteiger partial charge in [0, 0.05) is 25.8 Å². The van der Waals surface area contributed by atoms with Crippen molar-refractivity contribution in [3.05, 3.63) is 34.4 Å². The SMILES string of the molecule is O=C(NC[C@@H]1CCCO1)[C@H]1CCCCN1S(=O)(=O)c1ccccc1[N+](=O)[O-]. The summed E-state index contributed by atoms with van der Waals surface area (Å²) in [6, 6.07) is 4.35. The maximum absolute atomic E-state index is 13.1. The fourth-order valence-electron chi connectivity index (χ4n) is 3.54. The maximum atomic E-state index is 13.1. The molecule has 2 fully saturated rings. The van der Waals surface area contributed by atoms with Gasteiger partial charge in [0.2, 0.25) is 5.91 Å². The number of carbonyl (C=O) groups is 1. The Morgan fingerprint density at radius 1 is 1.26 bits per heavy atom. The Labute approximate surface area is 157 Å². The molecule has 2 saturated heterocycles. The number of piperidine rings is 1. The summed E-state index contributed by atoms with van der Waals surface area (Å²) in [6.45, 7) is 1.17. The molecule has 2 aliphatic rings. The number of para-hydroxylation sites is 1. The van der Waals surface area contributed by atoms with Crippen LogP contribution in [0.15, 0.2) is 29.2 Å². The predicted octanol–water partition coefficient (Wildman–Crippen LogP) is 1.43. The number of nitro benzene ring substituents is 1. The highest BCUT2D eigenvalue weighted by molar-refractivity contribution is 7.89. The summed E-state index contributed by atoms with van der Waals surface area (Å²) in [7, 11) is -4.17. The van der Waals surface area contributed by atoms with Gasteiger partial charge in [-0.3, -0.25) is 14.9 Å². The van der Waals surface area contributed by atoms with E-state index in [0.717, 1.165) is 29.6 Å². The highest BCUT2D eigenvalue weighted by Crippen LogP contribution is 2.30. The normalized spacial score (nSPS) is 23.9. The number of nitrogens with one attached hydrogen (secondary N) is 1. The Bertz CT molecular complexity index is 807. The summed E-state index contributed by atoms with van der Waals surface area (Å²) in [5.41, 5.74) is -0.485. The van der Waals surface area contributed by atoms with Gasteiger partial charge in [0.15, 0.2) is 4.90 Å². The molecule has 148 valence electrons. The van der Waals surface area contributed by atoms with Crippen LogP contribution in [0.1, 0.15) is 32.1 Å². The highest BCUT2D eigenvalue weighted by atomic mass is 32.2. The lowest BCUT2D eigenvalue weighted by Gasteiger charge is -2.33. The van der Waals surface area contributed by atoms with Gasteiger partial charge in [-0.25, -0.2) is 8.42 Å². The van der Waals surface area contributed by atoms with Crippen LogP contribution in [0.5, 0.6) is 0 Å². The molecular weight excluding hydrogens is 374 g/mol. The van der Waals surface area contributed by atoms with Crippen LogP contribution in [0.2, 0.25) is 0 Å². The van der Waals surface area contributed by atoms with E-state index in [9.17, 15) is 23.3 Å². The minimum atomic E-state index is -4.17. The zero-order chi connectivity index (χ0) is 19.4. The fourth-order valence-corrected chi connectivity index (χ4v) is 5.36. The molecule has 0 bridgehead atoms. The molecule has 2 atom stereocenters. The lowest BCUT2D eigenvalue weighted by atomic mass is 10.0. The minimum absolute atomic E-state index is 0.0437. The van der Waals surface area contributed by atoms with Crippen molar-refractivity contribution >= 4 is 21.6 Å². The smallest absolute Gasteiger partial charge is 0.289 e. The van der Waals surface area contributed by atoms with Crippen molar-refractivity contribution in [3.8, 4) is 0 Å². The first-order chi connectivity index (χ1) is 12.9. The van der Waals surface area contributed by atoms with Gasteiger partial charge in [-0.2, -0.15) is 4.31 Å². The monoisotopic (exact) mass is 397 g/mol. The van der Waals surface area contributed by atoms with Crippen LogP contribution in [0.25, 0.3) is 0 Å². The van der Waals surface area contributed by atoms with Crippen molar-refractivity contribution in [2.24, 2.45) is 0 Å². The van der Waals surface area contributed by atoms with Crippen LogP contribution in [-0.2, 0) is 19.6 Å². The third kappa shape index (κ3) is 4.28. The van der Waals surface area contributed by atoms with Crippen molar-refractivity contribution in [2.75, 3.05) is 19.7 Å². The number of hydrogen-bond acceptors (Lipinski definition) is 6. The van der Waals surface area contributed by atoms with Crippen LogP contribution in [-0.4, -0.2) is 55.4 Å². The van der Waals surface area contributed by atoms with E-state index in [0.29, 0.717) is 26.0 Å². The summed E-state index contributed by atoms with van der Waals surface area (Å²) >= 11 is 0. The first kappa shape index (κ1) is 19.7. The molecule has 0 aromatic heterocycles. The Hall–Kier alpha value is -2.04. The van der Waals surface area contributed by atoms with Crippen molar-refractivity contribution < 1.29 is 22.9 Å². The van der Waals surface area contributed by atoms with Crippen molar-refractivity contribution in [1.82, 2.24) is 9.62 Å². The molecule has 2 heterocycles. The number of carbonyl (C=O) groups excluding carboxylic acids is 1. The topological polar surface area (TPSA) is 119 Å². The lowest BCUT2D eigenvalue weighted by Crippen LogP contribution is -2.52. The summed E-state index contributed by atoms with van der Waals surface area (Å²) in [5, 5.41) is 14.0. The van der Waals surface area contributed by atoms with Gasteiger partial charge in [0.05, 0.1) is 11.0 Å². The minimum Gasteiger partial charge on any atom is -0.376 e. The molecule has 1 N–H and O–H groups in total. The second-order valence-corrected chi connectivity index (χ2v) is 8.59. The van der Waals surface area contributed by atoms with Gasteiger partial charge in [-0.05, 0) is 31.7 Å². The molecule has 0 radical (unpaired) electrons. The molecule has 1 aromatic rings. The molecule has 10 heteroatoms. The van der Waals surface area contributed by atoms with Gasteiger partial charge < -0.3 is 10.1 Å². The molecule has 27 heavy (non-hydrogen) atoms. The van der Waals surface area contributed by atoms with E-state index in [1.54, 1.807) is 0 Å². The molecule has 2 aliphatic heterocycles. The number of nitro groups is 1. The van der Waals surface area contributed by atoms with E-state index in [2.05, 4.69) is 5.32 Å². The van der Waals surface area contributed by atoms with Crippen molar-refractivity contribution in [3.63, 3.8) is 0 Å². The number of hydrogen-bond donors (Lipinski definition) is 1. The molecule has 1 aromatic carbocycles. The predicted molar refractivity (Wildman–Crippen MR) is 96.6 cm³/mol. The van der Waals surface area contributed by atoms with Crippen LogP contribution >= 0.6 is 0 Å². The summed E-state index contributed by atoms with van der Waals surface area (Å²) in [6.07, 6.45) is 3.48. The number of rotatable bonds is 6. The van der Waals surface area contributed by atoms with E-state index in [1.165, 1.54) is 18.2 Å². The average molecular weight is 397 g/mol. The summed E-state index contributed by atoms with van der Waals surface area (Å²) in [5.74, 6) is -0.382. The quantitative estimate of drug-likeness (QED) is 0.573. The van der Waals surface area contributed by atoms with Crippen LogP contribution in [0, 0.1) is 10.1 Å². The molecule has 0 spiro atoms. The molecule has 0 aliphatic carbocycles. The summed E-state index contributed by atoms with van der Waals surface area (Å²) < 4.78 is 32.8. The first-order valence-electron chi connectivity index (χ1n) is 9.06. The molecule has 1 amide bonds. The lowest BCUT2D eigenvalue weighted by molar-refractivity contribution is -0.387. The van der Waals surface area contributed by atoms with Crippen LogP contribution < -0.4 is 5.32 Å². The van der Waals surface area contributed by atoms with E-state index in [4.69, 9.17) is 4.74 Å². The average Bonchev–Trinajstić information content (AvgIpc) is 3.19. The second-order valence-electron chi connectivity index (χ2n) is 6.73.